The highest BCUT2D eigenvalue weighted by molar-refractivity contribution is 5.84. The molecule has 0 saturated carbocycles. The highest BCUT2D eigenvalue weighted by Crippen LogP contribution is 2.10. The van der Waals surface area contributed by atoms with E-state index in [1.54, 1.807) is 19.0 Å². The number of carbonyl (C=O) groups excluding carboxylic acids is 1. The van der Waals surface area contributed by atoms with Crippen molar-refractivity contribution >= 4 is 17.6 Å². The van der Waals surface area contributed by atoms with Gasteiger partial charge >= 0.3 is 0 Å². The van der Waals surface area contributed by atoms with Crippen LogP contribution in [0.4, 0.5) is 5.69 Å². The average molecular weight is 360 g/mol. The minimum absolute atomic E-state index is 0.0168. The second-order valence-corrected chi connectivity index (χ2v) is 6.78. The lowest BCUT2D eigenvalue weighted by Gasteiger charge is -2.24. The predicted octanol–water partition coefficient (Wildman–Crippen LogP) is 2.05. The van der Waals surface area contributed by atoms with Gasteiger partial charge in [-0.25, -0.2) is 4.99 Å². The number of anilines is 1. The van der Waals surface area contributed by atoms with E-state index < -0.39 is 0 Å². The molecule has 0 aliphatic rings. The third-order valence-corrected chi connectivity index (χ3v) is 3.88. The van der Waals surface area contributed by atoms with Crippen LogP contribution in [0.2, 0.25) is 0 Å². The zero-order valence-corrected chi connectivity index (χ0v) is 16.8. The molecule has 1 aromatic rings. The van der Waals surface area contributed by atoms with Crippen LogP contribution >= 0.6 is 0 Å². The van der Waals surface area contributed by atoms with Crippen molar-refractivity contribution in [3.63, 3.8) is 0 Å². The number of guanidine groups is 1. The minimum atomic E-state index is -0.0168. The standard InChI is InChI=1S/C20H33N5O/c1-17(2)16-25(6)20(22-15-19(26)23(3)4)21-13-10-14-24(5)18-11-8-7-9-12-18/h7-9,11-12H,1,10,13-16H2,2-6H3,(H,21,22). The summed E-state index contributed by atoms with van der Waals surface area (Å²) in [5, 5.41) is 3.36. The van der Waals surface area contributed by atoms with E-state index in [1.807, 2.05) is 37.1 Å². The van der Waals surface area contributed by atoms with E-state index >= 15 is 0 Å². The van der Waals surface area contributed by atoms with Gasteiger partial charge in [0.1, 0.15) is 6.54 Å². The number of hydrogen-bond donors (Lipinski definition) is 1. The van der Waals surface area contributed by atoms with Crippen LogP contribution in [0.1, 0.15) is 13.3 Å². The summed E-state index contributed by atoms with van der Waals surface area (Å²) < 4.78 is 0. The maximum absolute atomic E-state index is 11.8. The van der Waals surface area contributed by atoms with E-state index in [4.69, 9.17) is 0 Å². The van der Waals surface area contributed by atoms with Gasteiger partial charge in [-0.3, -0.25) is 4.79 Å². The van der Waals surface area contributed by atoms with Crippen LogP contribution in [-0.4, -0.2) is 76.0 Å². The summed E-state index contributed by atoms with van der Waals surface area (Å²) in [5.74, 6) is 0.711. The van der Waals surface area contributed by atoms with Gasteiger partial charge in [0.25, 0.3) is 0 Å². The highest BCUT2D eigenvalue weighted by atomic mass is 16.2. The fourth-order valence-corrected chi connectivity index (χ4v) is 2.40. The van der Waals surface area contributed by atoms with Gasteiger partial charge in [0, 0.05) is 53.5 Å². The van der Waals surface area contributed by atoms with Crippen LogP contribution in [0.3, 0.4) is 0 Å². The van der Waals surface area contributed by atoms with Crippen molar-refractivity contribution in [2.45, 2.75) is 13.3 Å². The third kappa shape index (κ3) is 8.05. The summed E-state index contributed by atoms with van der Waals surface area (Å²) in [5.41, 5.74) is 2.25. The van der Waals surface area contributed by atoms with Crippen molar-refractivity contribution in [2.75, 3.05) is 59.3 Å². The fraction of sp³-hybridized carbons (Fsp3) is 0.500. The minimum Gasteiger partial charge on any atom is -0.375 e. The SMILES string of the molecule is C=C(C)CN(C)C(=NCC(=O)N(C)C)NCCCN(C)c1ccccc1. The van der Waals surface area contributed by atoms with Crippen molar-refractivity contribution in [1.82, 2.24) is 15.1 Å². The lowest BCUT2D eigenvalue weighted by molar-refractivity contribution is -0.127. The van der Waals surface area contributed by atoms with Crippen molar-refractivity contribution < 1.29 is 4.79 Å². The number of aliphatic imine (C=N–C) groups is 1. The molecule has 1 N–H and O–H groups in total. The predicted molar refractivity (Wildman–Crippen MR) is 111 cm³/mol. The number of benzene rings is 1. The molecule has 0 aliphatic carbocycles. The first-order valence-electron chi connectivity index (χ1n) is 8.91. The molecular formula is C20H33N5O. The largest absolute Gasteiger partial charge is 0.375 e. The fourth-order valence-electron chi connectivity index (χ4n) is 2.40. The Labute approximate surface area is 158 Å². The van der Waals surface area contributed by atoms with E-state index in [1.165, 1.54) is 5.69 Å². The molecular weight excluding hydrogens is 326 g/mol. The van der Waals surface area contributed by atoms with E-state index in [9.17, 15) is 4.79 Å². The monoisotopic (exact) mass is 359 g/mol. The molecule has 0 unspecified atom stereocenters. The number of carbonyl (C=O) groups is 1. The van der Waals surface area contributed by atoms with Crippen molar-refractivity contribution in [3.05, 3.63) is 42.5 Å². The molecule has 1 aromatic carbocycles. The molecule has 1 rings (SSSR count). The summed E-state index contributed by atoms with van der Waals surface area (Å²) in [4.78, 5) is 22.0. The van der Waals surface area contributed by atoms with Gasteiger partial charge in [-0.1, -0.05) is 30.4 Å². The molecule has 6 heteroatoms. The van der Waals surface area contributed by atoms with Crippen LogP contribution in [0.15, 0.2) is 47.5 Å². The maximum Gasteiger partial charge on any atom is 0.243 e. The smallest absolute Gasteiger partial charge is 0.243 e. The number of likely N-dealkylation sites (N-methyl/N-ethyl adjacent to an activating group) is 2. The Morgan fingerprint density at radius 2 is 1.81 bits per heavy atom. The molecule has 0 fully saturated rings. The van der Waals surface area contributed by atoms with Gasteiger partial charge in [0.2, 0.25) is 5.91 Å². The number of rotatable bonds is 9. The number of nitrogens with one attached hydrogen (secondary N) is 1. The molecule has 0 spiro atoms. The van der Waals surface area contributed by atoms with Crippen molar-refractivity contribution in [2.24, 2.45) is 4.99 Å². The zero-order valence-electron chi connectivity index (χ0n) is 16.8. The molecule has 1 amide bonds. The molecule has 0 radical (unpaired) electrons. The lowest BCUT2D eigenvalue weighted by atomic mass is 10.3. The summed E-state index contributed by atoms with van der Waals surface area (Å²) in [6.07, 6.45) is 0.965. The molecule has 0 heterocycles. The Hall–Kier alpha value is -2.50. The van der Waals surface area contributed by atoms with Crippen LogP contribution in [0.25, 0.3) is 0 Å². The quantitative estimate of drug-likeness (QED) is 0.317. The Bertz CT molecular complexity index is 597. The van der Waals surface area contributed by atoms with Crippen LogP contribution < -0.4 is 10.2 Å². The van der Waals surface area contributed by atoms with Crippen LogP contribution in [0, 0.1) is 0 Å². The Balaban J connectivity index is 2.55. The molecule has 6 nitrogen and oxygen atoms in total. The first kappa shape index (κ1) is 21.5. The van der Waals surface area contributed by atoms with Crippen molar-refractivity contribution in [3.8, 4) is 0 Å². The molecule has 0 bridgehead atoms. The molecule has 0 aromatic heterocycles. The second kappa shape index (κ2) is 11.2. The van der Waals surface area contributed by atoms with Gasteiger partial charge in [-0.2, -0.15) is 0 Å². The van der Waals surface area contributed by atoms with E-state index in [0.29, 0.717) is 6.54 Å². The number of hydrogen-bond acceptors (Lipinski definition) is 3. The number of amides is 1. The lowest BCUT2D eigenvalue weighted by Crippen LogP contribution is -2.41. The van der Waals surface area contributed by atoms with Gasteiger partial charge in [-0.05, 0) is 25.5 Å². The normalized spacial score (nSPS) is 11.0. The molecule has 0 atom stereocenters. The molecule has 144 valence electrons. The zero-order chi connectivity index (χ0) is 19.5. The second-order valence-electron chi connectivity index (χ2n) is 6.78. The van der Waals surface area contributed by atoms with E-state index in [0.717, 1.165) is 31.0 Å². The summed E-state index contributed by atoms with van der Waals surface area (Å²) in [6, 6.07) is 10.3. The first-order valence-corrected chi connectivity index (χ1v) is 8.91. The first-order chi connectivity index (χ1) is 12.3. The number of para-hydroxylation sites is 1. The third-order valence-electron chi connectivity index (χ3n) is 3.88. The van der Waals surface area contributed by atoms with Crippen molar-refractivity contribution in [1.29, 1.82) is 0 Å². The van der Waals surface area contributed by atoms with Crippen LogP contribution in [-0.2, 0) is 4.79 Å². The van der Waals surface area contributed by atoms with E-state index in [2.05, 4.69) is 41.0 Å². The van der Waals surface area contributed by atoms with E-state index in [-0.39, 0.29) is 12.5 Å². The highest BCUT2D eigenvalue weighted by Gasteiger charge is 2.09. The van der Waals surface area contributed by atoms with Gasteiger partial charge in [0.15, 0.2) is 5.96 Å². The van der Waals surface area contributed by atoms with Gasteiger partial charge < -0.3 is 20.0 Å². The Kier molecular flexibility index (Phi) is 9.26. The average Bonchev–Trinajstić information content (AvgIpc) is 2.60. The Morgan fingerprint density at radius 1 is 1.15 bits per heavy atom. The summed E-state index contributed by atoms with van der Waals surface area (Å²) in [6.45, 7) is 8.49. The molecule has 0 saturated heterocycles. The number of nitrogens with zero attached hydrogens (tertiary/aromatic N) is 4. The molecule has 26 heavy (non-hydrogen) atoms. The summed E-state index contributed by atoms with van der Waals surface area (Å²) in [7, 11) is 7.52. The van der Waals surface area contributed by atoms with Gasteiger partial charge in [0.05, 0.1) is 0 Å². The molecule has 0 aliphatic heterocycles. The maximum atomic E-state index is 11.8. The van der Waals surface area contributed by atoms with Crippen LogP contribution in [0.5, 0.6) is 0 Å². The Morgan fingerprint density at radius 3 is 2.38 bits per heavy atom. The van der Waals surface area contributed by atoms with Gasteiger partial charge in [-0.15, -0.1) is 0 Å². The topological polar surface area (TPSA) is 51.2 Å². The summed E-state index contributed by atoms with van der Waals surface area (Å²) >= 11 is 0.